The van der Waals surface area contributed by atoms with Crippen LogP contribution in [0.1, 0.15) is 19.3 Å². The van der Waals surface area contributed by atoms with Gasteiger partial charge in [-0.2, -0.15) is 57.1 Å². The predicted octanol–water partition coefficient (Wildman–Crippen LogP) is 3.58. The number of alkyl halides is 13. The highest BCUT2D eigenvalue weighted by Gasteiger charge is 2.90. The van der Waals surface area contributed by atoms with Crippen LogP contribution in [0, 0.1) is 0 Å². The van der Waals surface area contributed by atoms with Crippen LogP contribution in [0.4, 0.5) is 57.1 Å². The molecule has 0 saturated carbocycles. The number of aliphatic hydroxyl groups is 2. The zero-order chi connectivity index (χ0) is 23.0. The second kappa shape index (κ2) is 8.01. The predicted molar refractivity (Wildman–Crippen MR) is 65.7 cm³/mol. The van der Waals surface area contributed by atoms with Crippen LogP contribution in [0.3, 0.4) is 0 Å². The molecule has 170 valence electrons. The van der Waals surface area contributed by atoms with Gasteiger partial charge in [0.2, 0.25) is 0 Å². The third-order valence-electron chi connectivity index (χ3n) is 3.69. The molecule has 0 amide bonds. The van der Waals surface area contributed by atoms with E-state index in [0.717, 1.165) is 0 Å². The minimum absolute atomic E-state index is 0.912. The Morgan fingerprint density at radius 2 is 1.07 bits per heavy atom. The van der Waals surface area contributed by atoms with Gasteiger partial charge in [-0.25, -0.2) is 0 Å². The number of aliphatic hydroxyl groups excluding tert-OH is 2. The van der Waals surface area contributed by atoms with Gasteiger partial charge in [-0.1, -0.05) is 0 Å². The Bertz CT molecular complexity index is 520. The van der Waals surface area contributed by atoms with Gasteiger partial charge in [-0.3, -0.25) is 0 Å². The smallest absolute Gasteiger partial charge is 0.395 e. The van der Waals surface area contributed by atoms with Crippen LogP contribution in [0.25, 0.3) is 0 Å². The lowest BCUT2D eigenvalue weighted by molar-refractivity contribution is -0.440. The summed E-state index contributed by atoms with van der Waals surface area (Å²) in [6.45, 7) is -0.912. The van der Waals surface area contributed by atoms with E-state index in [0.29, 0.717) is 0 Å². The van der Waals surface area contributed by atoms with E-state index in [-0.39, 0.29) is 0 Å². The summed E-state index contributed by atoms with van der Waals surface area (Å²) < 4.78 is 167. The molecule has 0 rings (SSSR count). The largest absolute Gasteiger partial charge is 0.460 e. The van der Waals surface area contributed by atoms with Gasteiger partial charge in [0.15, 0.2) is 0 Å². The summed E-state index contributed by atoms with van der Waals surface area (Å²) in [6, 6.07) is -1.47. The molecule has 0 spiro atoms. The molecule has 0 bridgehead atoms. The van der Waals surface area contributed by atoms with Crippen molar-refractivity contribution in [2.24, 2.45) is 5.73 Å². The van der Waals surface area contributed by atoms with E-state index in [1.165, 1.54) is 0 Å². The van der Waals surface area contributed by atoms with Crippen molar-refractivity contribution in [2.75, 3.05) is 6.61 Å². The molecule has 4 N–H and O–H groups in total. The molecule has 0 fully saturated rings. The van der Waals surface area contributed by atoms with E-state index in [1.54, 1.807) is 0 Å². The fraction of sp³-hybridized carbons (Fsp3) is 1.00. The van der Waals surface area contributed by atoms with Crippen molar-refractivity contribution in [3.63, 3.8) is 0 Å². The maximum atomic E-state index is 13.4. The van der Waals surface area contributed by atoms with Crippen molar-refractivity contribution >= 4 is 0 Å². The van der Waals surface area contributed by atoms with Crippen molar-refractivity contribution in [1.82, 2.24) is 0 Å². The second-order valence-electron chi connectivity index (χ2n) is 5.81. The first-order valence-corrected chi connectivity index (χ1v) is 7.12. The van der Waals surface area contributed by atoms with Crippen LogP contribution in [-0.4, -0.2) is 64.8 Å². The first-order chi connectivity index (χ1) is 12.1. The monoisotopic (exact) mass is 451 g/mol. The first kappa shape index (κ1) is 27.0. The molecule has 0 unspecified atom stereocenters. The molecule has 0 saturated heterocycles. The van der Waals surface area contributed by atoms with Crippen molar-refractivity contribution in [2.45, 2.75) is 67.2 Å². The fourth-order valence-corrected chi connectivity index (χ4v) is 1.83. The van der Waals surface area contributed by atoms with Gasteiger partial charge in [-0.05, 0) is 12.8 Å². The van der Waals surface area contributed by atoms with E-state index in [1.807, 2.05) is 0 Å². The Kier molecular flexibility index (Phi) is 7.71. The number of nitrogens with two attached hydrogens (primary N) is 1. The van der Waals surface area contributed by atoms with E-state index < -0.39 is 73.8 Å². The van der Waals surface area contributed by atoms with Crippen LogP contribution in [0.15, 0.2) is 0 Å². The first-order valence-electron chi connectivity index (χ1n) is 7.12. The Morgan fingerprint density at radius 3 is 1.43 bits per heavy atom. The van der Waals surface area contributed by atoms with E-state index in [2.05, 4.69) is 0 Å². The van der Waals surface area contributed by atoms with Gasteiger partial charge in [-0.15, -0.1) is 0 Å². The molecule has 0 aliphatic carbocycles. The molecule has 0 radical (unpaired) electrons. The fourth-order valence-electron chi connectivity index (χ4n) is 1.83. The molecule has 0 aliphatic rings. The summed E-state index contributed by atoms with van der Waals surface area (Å²) in [6.07, 6.45) is -13.9. The Labute approximate surface area is 148 Å². The molecule has 0 aromatic heterocycles. The lowest BCUT2D eigenvalue weighted by Gasteiger charge is -2.39. The number of hydrogen-bond acceptors (Lipinski definition) is 3. The van der Waals surface area contributed by atoms with Crippen LogP contribution in [0.2, 0.25) is 0 Å². The summed E-state index contributed by atoms with van der Waals surface area (Å²) in [5.41, 5.74) is 5.02. The third-order valence-corrected chi connectivity index (χ3v) is 3.69. The van der Waals surface area contributed by atoms with Crippen LogP contribution >= 0.6 is 0 Å². The van der Waals surface area contributed by atoms with Gasteiger partial charge >= 0.3 is 35.8 Å². The number of halogens is 13. The average Bonchev–Trinajstić information content (AvgIpc) is 2.51. The highest BCUT2D eigenvalue weighted by molar-refractivity contribution is 5.10. The zero-order valence-corrected chi connectivity index (χ0v) is 13.4. The Balaban J connectivity index is 5.68. The van der Waals surface area contributed by atoms with Gasteiger partial charge < -0.3 is 15.9 Å². The summed E-state index contributed by atoms with van der Waals surface area (Å²) >= 11 is 0. The van der Waals surface area contributed by atoms with Crippen molar-refractivity contribution in [1.29, 1.82) is 0 Å². The SMILES string of the molecule is N[C@@H](CO)[C@H](O)CCCC(F)(F)C(F)(F)C(F)(F)C(F)(F)C(F)(F)C(F)(F)F. The summed E-state index contributed by atoms with van der Waals surface area (Å²) in [7, 11) is 0. The van der Waals surface area contributed by atoms with Crippen LogP contribution in [-0.2, 0) is 0 Å². The maximum absolute atomic E-state index is 13.4. The molecule has 0 heterocycles. The van der Waals surface area contributed by atoms with Crippen molar-refractivity contribution in [3.05, 3.63) is 0 Å². The van der Waals surface area contributed by atoms with Crippen molar-refractivity contribution < 1.29 is 67.3 Å². The Hall–Kier alpha value is -1.03. The molecule has 3 nitrogen and oxygen atoms in total. The highest BCUT2D eigenvalue weighted by atomic mass is 19.4. The highest BCUT2D eigenvalue weighted by Crippen LogP contribution is 2.60. The summed E-state index contributed by atoms with van der Waals surface area (Å²) in [5, 5.41) is 17.7. The van der Waals surface area contributed by atoms with E-state index in [9.17, 15) is 62.2 Å². The molecule has 0 aromatic carbocycles. The maximum Gasteiger partial charge on any atom is 0.460 e. The van der Waals surface area contributed by atoms with Crippen LogP contribution in [0.5, 0.6) is 0 Å². The number of hydrogen-bond donors (Lipinski definition) is 3. The normalized spacial score (nSPS) is 17.6. The average molecular weight is 451 g/mol. The van der Waals surface area contributed by atoms with Gasteiger partial charge in [0.25, 0.3) is 0 Å². The van der Waals surface area contributed by atoms with Gasteiger partial charge in [0, 0.05) is 6.42 Å². The summed E-state index contributed by atoms with van der Waals surface area (Å²) in [4.78, 5) is 0. The van der Waals surface area contributed by atoms with E-state index in [4.69, 9.17) is 10.8 Å². The molecule has 0 aliphatic heterocycles. The molecule has 2 atom stereocenters. The Morgan fingerprint density at radius 1 is 0.679 bits per heavy atom. The topological polar surface area (TPSA) is 66.5 Å². The van der Waals surface area contributed by atoms with Gasteiger partial charge in [0.05, 0.1) is 18.8 Å². The quantitative estimate of drug-likeness (QED) is 0.445. The zero-order valence-electron chi connectivity index (χ0n) is 13.4. The second-order valence-corrected chi connectivity index (χ2v) is 5.81. The van der Waals surface area contributed by atoms with Gasteiger partial charge in [0.1, 0.15) is 0 Å². The molecular weight excluding hydrogens is 437 g/mol. The van der Waals surface area contributed by atoms with Crippen molar-refractivity contribution in [3.8, 4) is 0 Å². The van der Waals surface area contributed by atoms with E-state index >= 15 is 0 Å². The molecule has 0 aromatic rings. The number of rotatable bonds is 10. The summed E-state index contributed by atoms with van der Waals surface area (Å²) in [5.74, 6) is -37.0. The minimum Gasteiger partial charge on any atom is -0.395 e. The standard InChI is InChI=1S/C12H14F13NO2/c13-7(14,3-1-2-6(28)5(26)4-27)8(15,16)9(17,18)10(19,20)11(21,22)12(23,24)25/h5-6,27-28H,1-4,26H2/t5-,6+/m0/s1. The van der Waals surface area contributed by atoms with Crippen LogP contribution < -0.4 is 5.73 Å². The minimum atomic E-state index is -7.93. The molecular formula is C12H14F13NO2. The third kappa shape index (κ3) is 4.42. The molecule has 28 heavy (non-hydrogen) atoms. The molecule has 16 heteroatoms. The lowest BCUT2D eigenvalue weighted by Crippen LogP contribution is -2.70. The lowest BCUT2D eigenvalue weighted by atomic mass is 9.91.